The molecule has 48 valence electrons. The summed E-state index contributed by atoms with van der Waals surface area (Å²) in [5, 5.41) is 0. The highest BCUT2D eigenvalue weighted by molar-refractivity contribution is 5.90. The molecule has 0 atom stereocenters. The van der Waals surface area contributed by atoms with Crippen molar-refractivity contribution >= 4 is 12.1 Å². The molecule has 0 saturated heterocycles. The molecule has 0 spiro atoms. The van der Waals surface area contributed by atoms with Gasteiger partial charge in [-0.15, -0.1) is 0 Å². The second-order valence-corrected chi connectivity index (χ2v) is 1.50. The molecule has 4 heteroatoms. The zero-order valence-electron chi connectivity index (χ0n) is 4.70. The van der Waals surface area contributed by atoms with Crippen molar-refractivity contribution in [3.05, 3.63) is 12.0 Å². The van der Waals surface area contributed by atoms with Crippen LogP contribution in [0, 0.1) is 0 Å². The second-order valence-electron chi connectivity index (χ2n) is 1.50. The quantitative estimate of drug-likeness (QED) is 0.510. The molecule has 1 aliphatic rings. The number of carbonyl (C=O) groups excluding carboxylic acids is 1. The van der Waals surface area contributed by atoms with E-state index < -0.39 is 5.91 Å². The monoisotopic (exact) mass is 126 g/mol. The first-order valence-corrected chi connectivity index (χ1v) is 2.45. The van der Waals surface area contributed by atoms with Gasteiger partial charge >= 0.3 is 0 Å². The normalized spacial score (nSPS) is 16.2. The number of amides is 1. The number of hydrogen-bond donors (Lipinski definition) is 1. The molecule has 1 rings (SSSR count). The SMILES string of the molecule is NC(=O)C1=CN=CCO1. The fraction of sp³-hybridized carbons (Fsp3) is 0.200. The Bertz CT molecular complexity index is 183. The molecule has 0 aliphatic carbocycles. The van der Waals surface area contributed by atoms with E-state index in [0.29, 0.717) is 6.61 Å². The molecule has 2 N–H and O–H groups in total. The van der Waals surface area contributed by atoms with Crippen LogP contribution in [0.5, 0.6) is 0 Å². The van der Waals surface area contributed by atoms with Crippen molar-refractivity contribution in [2.24, 2.45) is 10.7 Å². The van der Waals surface area contributed by atoms with E-state index in [1.54, 1.807) is 6.21 Å². The lowest BCUT2D eigenvalue weighted by atomic mass is 10.5. The minimum Gasteiger partial charge on any atom is -0.481 e. The summed E-state index contributed by atoms with van der Waals surface area (Å²) in [6.45, 7) is 0.328. The van der Waals surface area contributed by atoms with Crippen LogP contribution in [0.3, 0.4) is 0 Å². The molecule has 1 aliphatic heterocycles. The van der Waals surface area contributed by atoms with Gasteiger partial charge in [-0.25, -0.2) is 0 Å². The Balaban J connectivity index is 2.68. The highest BCUT2D eigenvalue weighted by Crippen LogP contribution is 1.98. The Labute approximate surface area is 52.0 Å². The maximum absolute atomic E-state index is 10.3. The van der Waals surface area contributed by atoms with Crippen molar-refractivity contribution in [2.45, 2.75) is 0 Å². The third-order valence-electron chi connectivity index (χ3n) is 0.853. The van der Waals surface area contributed by atoms with Crippen molar-refractivity contribution in [3.8, 4) is 0 Å². The largest absolute Gasteiger partial charge is 0.481 e. The van der Waals surface area contributed by atoms with E-state index in [1.807, 2.05) is 0 Å². The lowest BCUT2D eigenvalue weighted by molar-refractivity contribution is -0.117. The van der Waals surface area contributed by atoms with Gasteiger partial charge in [0.05, 0.1) is 6.20 Å². The summed E-state index contributed by atoms with van der Waals surface area (Å²) in [5.74, 6) is -0.454. The molecule has 0 bridgehead atoms. The van der Waals surface area contributed by atoms with Crippen molar-refractivity contribution in [2.75, 3.05) is 6.61 Å². The molecule has 0 saturated carbocycles. The molecule has 0 radical (unpaired) electrons. The number of carbonyl (C=O) groups is 1. The molecule has 9 heavy (non-hydrogen) atoms. The van der Waals surface area contributed by atoms with Crippen molar-refractivity contribution in [3.63, 3.8) is 0 Å². The van der Waals surface area contributed by atoms with Gasteiger partial charge in [0.2, 0.25) is 5.76 Å². The standard InChI is InChI=1S/C5H6N2O2/c6-5(8)4-3-7-1-2-9-4/h1,3H,2H2,(H2,6,8). The van der Waals surface area contributed by atoms with Gasteiger partial charge < -0.3 is 10.5 Å². The number of ether oxygens (including phenoxy) is 1. The highest BCUT2D eigenvalue weighted by Gasteiger charge is 2.05. The van der Waals surface area contributed by atoms with Crippen LogP contribution in [0.4, 0.5) is 0 Å². The Morgan fingerprint density at radius 2 is 2.67 bits per heavy atom. The minimum atomic E-state index is -0.577. The fourth-order valence-electron chi connectivity index (χ4n) is 0.462. The Morgan fingerprint density at radius 3 is 3.00 bits per heavy atom. The van der Waals surface area contributed by atoms with Crippen LogP contribution in [0.2, 0.25) is 0 Å². The Kier molecular flexibility index (Phi) is 1.48. The molecule has 0 aromatic heterocycles. The van der Waals surface area contributed by atoms with Gasteiger partial charge in [0.15, 0.2) is 0 Å². The minimum absolute atomic E-state index is 0.123. The molecule has 1 heterocycles. The molecule has 0 aromatic rings. The molecular formula is C5H6N2O2. The Morgan fingerprint density at radius 1 is 1.89 bits per heavy atom. The summed E-state index contributed by atoms with van der Waals surface area (Å²) >= 11 is 0. The average Bonchev–Trinajstić information content (AvgIpc) is 1.90. The summed E-state index contributed by atoms with van der Waals surface area (Å²) in [6.07, 6.45) is 2.85. The lowest BCUT2D eigenvalue weighted by Gasteiger charge is -2.05. The smallest absolute Gasteiger partial charge is 0.285 e. The van der Waals surface area contributed by atoms with E-state index in [0.717, 1.165) is 0 Å². The van der Waals surface area contributed by atoms with Crippen LogP contribution < -0.4 is 5.73 Å². The van der Waals surface area contributed by atoms with Crippen molar-refractivity contribution in [1.82, 2.24) is 0 Å². The maximum Gasteiger partial charge on any atom is 0.285 e. The predicted molar refractivity (Wildman–Crippen MR) is 31.7 cm³/mol. The van der Waals surface area contributed by atoms with Crippen LogP contribution in [0.1, 0.15) is 0 Å². The first-order chi connectivity index (χ1) is 4.30. The first kappa shape index (κ1) is 5.81. The van der Waals surface area contributed by atoms with Crippen LogP contribution >= 0.6 is 0 Å². The van der Waals surface area contributed by atoms with E-state index in [9.17, 15) is 4.79 Å². The summed E-state index contributed by atoms with van der Waals surface area (Å²) in [4.78, 5) is 14.0. The zero-order chi connectivity index (χ0) is 6.69. The number of primary amides is 1. The van der Waals surface area contributed by atoms with E-state index in [-0.39, 0.29) is 5.76 Å². The lowest BCUT2D eigenvalue weighted by Crippen LogP contribution is -2.18. The van der Waals surface area contributed by atoms with Gasteiger partial charge in [-0.05, 0) is 0 Å². The van der Waals surface area contributed by atoms with Gasteiger partial charge in [-0.1, -0.05) is 0 Å². The van der Waals surface area contributed by atoms with Gasteiger partial charge in [-0.3, -0.25) is 9.79 Å². The van der Waals surface area contributed by atoms with E-state index in [1.165, 1.54) is 6.20 Å². The third-order valence-corrected chi connectivity index (χ3v) is 0.853. The summed E-state index contributed by atoms with van der Waals surface area (Å²) in [6, 6.07) is 0. The van der Waals surface area contributed by atoms with Crippen LogP contribution in [0.15, 0.2) is 17.0 Å². The van der Waals surface area contributed by atoms with Crippen molar-refractivity contribution in [1.29, 1.82) is 0 Å². The maximum atomic E-state index is 10.3. The molecular weight excluding hydrogens is 120 g/mol. The predicted octanol–water partition coefficient (Wildman–Crippen LogP) is -0.586. The number of nitrogens with two attached hydrogens (primary N) is 1. The third kappa shape index (κ3) is 1.28. The second kappa shape index (κ2) is 2.30. The number of rotatable bonds is 1. The number of aliphatic imine (C=N–C) groups is 1. The highest BCUT2D eigenvalue weighted by atomic mass is 16.5. The zero-order valence-corrected chi connectivity index (χ0v) is 4.70. The molecule has 0 aromatic carbocycles. The van der Waals surface area contributed by atoms with Gasteiger partial charge in [0, 0.05) is 6.21 Å². The summed E-state index contributed by atoms with van der Waals surface area (Å²) < 4.78 is 4.78. The first-order valence-electron chi connectivity index (χ1n) is 2.45. The topological polar surface area (TPSA) is 64.7 Å². The molecule has 1 amide bonds. The van der Waals surface area contributed by atoms with Crippen LogP contribution in [-0.2, 0) is 9.53 Å². The van der Waals surface area contributed by atoms with Gasteiger partial charge in [0.25, 0.3) is 5.91 Å². The molecule has 0 fully saturated rings. The van der Waals surface area contributed by atoms with E-state index in [2.05, 4.69) is 4.99 Å². The molecule has 0 unspecified atom stereocenters. The summed E-state index contributed by atoms with van der Waals surface area (Å²) in [7, 11) is 0. The number of nitrogens with zero attached hydrogens (tertiary/aromatic N) is 1. The Hall–Kier alpha value is -1.32. The van der Waals surface area contributed by atoms with Crippen LogP contribution in [-0.4, -0.2) is 18.7 Å². The average molecular weight is 126 g/mol. The fourth-order valence-corrected chi connectivity index (χ4v) is 0.462. The summed E-state index contributed by atoms with van der Waals surface area (Å²) in [5.41, 5.74) is 4.86. The molecule has 4 nitrogen and oxygen atoms in total. The van der Waals surface area contributed by atoms with Gasteiger partial charge in [-0.2, -0.15) is 0 Å². The van der Waals surface area contributed by atoms with E-state index >= 15 is 0 Å². The number of hydrogen-bond acceptors (Lipinski definition) is 3. The van der Waals surface area contributed by atoms with E-state index in [4.69, 9.17) is 10.5 Å². The van der Waals surface area contributed by atoms with Crippen molar-refractivity contribution < 1.29 is 9.53 Å². The van der Waals surface area contributed by atoms with Crippen LogP contribution in [0.25, 0.3) is 0 Å². The van der Waals surface area contributed by atoms with Gasteiger partial charge in [0.1, 0.15) is 6.61 Å².